The van der Waals surface area contributed by atoms with E-state index in [1.54, 1.807) is 6.92 Å². The summed E-state index contributed by atoms with van der Waals surface area (Å²) in [6, 6.07) is 0. The second kappa shape index (κ2) is 16.6. The molecule has 0 saturated heterocycles. The molecule has 5 heteroatoms. The van der Waals surface area contributed by atoms with Crippen molar-refractivity contribution in [3.63, 3.8) is 0 Å². The second-order valence-corrected chi connectivity index (χ2v) is 3.19. The molecule has 0 spiro atoms. The van der Waals surface area contributed by atoms with Crippen LogP contribution in [0, 0.1) is 26.2 Å². The first-order chi connectivity index (χ1) is 3.65. The zero-order valence-electron chi connectivity index (χ0n) is 4.91. The van der Waals surface area contributed by atoms with Crippen molar-refractivity contribution in [2.24, 2.45) is 0 Å². The molecular formula is C4H9AtCl4. The topological polar surface area (TPSA) is 0 Å². The molecule has 0 heterocycles. The first kappa shape index (κ1) is 17.2. The fourth-order valence-electron chi connectivity index (χ4n) is 0. The standard InChI is InChI=1S/2C2H4Cl2.AtH/c1-2(3)4;3-1-2-4;/h2H,1H3;1-2H2;1H. The first-order valence-corrected chi connectivity index (χ1v) is 3.99. The molecule has 0 saturated carbocycles. The van der Waals surface area contributed by atoms with Crippen molar-refractivity contribution >= 4 is 46.4 Å². The van der Waals surface area contributed by atoms with Gasteiger partial charge in [0.05, 0.1) is 0 Å². The van der Waals surface area contributed by atoms with Gasteiger partial charge in [0, 0.05) is 11.8 Å². The molecule has 0 aromatic rings. The fraction of sp³-hybridized carbons (Fsp3) is 1.00. The molecule has 60 valence electrons. The van der Waals surface area contributed by atoms with Crippen LogP contribution in [0.5, 0.6) is 0 Å². The third-order valence-corrected chi connectivity index (χ3v) is 0.643. The number of hydrogen-bond acceptors (Lipinski definition) is 0. The van der Waals surface area contributed by atoms with Gasteiger partial charge in [0.1, 0.15) is 4.84 Å². The Labute approximate surface area is 95.3 Å². The van der Waals surface area contributed by atoms with Gasteiger partial charge in [-0.2, -0.15) is 0 Å². The molecule has 0 nitrogen and oxygen atoms in total. The van der Waals surface area contributed by atoms with Gasteiger partial charge in [-0.15, -0.1) is 46.4 Å². The number of halogens is 4. The molecule has 0 atom stereocenters. The maximum absolute atomic E-state index is 5.05. The second-order valence-electron chi connectivity index (χ2n) is 0.897. The molecule has 0 aliphatic carbocycles. The van der Waals surface area contributed by atoms with E-state index < -0.39 is 0 Å². The van der Waals surface area contributed by atoms with Crippen LogP contribution in [0.25, 0.3) is 0 Å². The van der Waals surface area contributed by atoms with Gasteiger partial charge in [-0.3, -0.25) is 0 Å². The van der Waals surface area contributed by atoms with Crippen LogP contribution < -0.4 is 0 Å². The molecule has 0 aliphatic heterocycles. The summed E-state index contributed by atoms with van der Waals surface area (Å²) in [7, 11) is 0. The summed E-state index contributed by atoms with van der Waals surface area (Å²) in [5.41, 5.74) is 0. The van der Waals surface area contributed by atoms with Crippen LogP contribution in [0.2, 0.25) is 0 Å². The molecule has 0 aromatic carbocycles. The zero-order chi connectivity index (χ0) is 6.99. The van der Waals surface area contributed by atoms with Crippen molar-refractivity contribution in [1.29, 1.82) is 0 Å². The first-order valence-electron chi connectivity index (χ1n) is 2.05. The summed E-state index contributed by atoms with van der Waals surface area (Å²) in [5, 5.41) is 0. The average molecular weight is 409 g/mol. The van der Waals surface area contributed by atoms with Gasteiger partial charge < -0.3 is 0 Å². The summed E-state index contributed by atoms with van der Waals surface area (Å²) < 4.78 is 0. The Bertz CT molecular complexity index is 29.0. The van der Waals surface area contributed by atoms with E-state index >= 15 is 0 Å². The van der Waals surface area contributed by atoms with Gasteiger partial charge in [0.2, 0.25) is 0 Å². The maximum atomic E-state index is 5.05. The van der Waals surface area contributed by atoms with Gasteiger partial charge in [0.15, 0.2) is 0 Å². The number of rotatable bonds is 1. The van der Waals surface area contributed by atoms with Crippen LogP contribution in [0.1, 0.15) is 6.92 Å². The Morgan fingerprint density at radius 1 is 1.11 bits per heavy atom. The summed E-state index contributed by atoms with van der Waals surface area (Å²) in [4.78, 5) is -0.222. The molecule has 0 fully saturated rings. The number of hydrogen-bond donors (Lipinski definition) is 0. The SMILES string of the molecule is CC(Cl)Cl.ClCCCl.[AtH]. The minimum absolute atomic E-state index is 0. The molecular weight excluding hydrogens is 400 g/mol. The summed E-state index contributed by atoms with van der Waals surface area (Å²) in [6.45, 7) is 1.70. The van der Waals surface area contributed by atoms with E-state index in [1.165, 1.54) is 0 Å². The van der Waals surface area contributed by atoms with Crippen molar-refractivity contribution in [3.8, 4) is 0 Å². The predicted octanol–water partition coefficient (Wildman–Crippen LogP) is 3.01. The van der Waals surface area contributed by atoms with E-state index in [2.05, 4.69) is 0 Å². The Hall–Kier alpha value is 2.04. The fourth-order valence-corrected chi connectivity index (χ4v) is 0. The van der Waals surface area contributed by atoms with Crippen molar-refractivity contribution in [1.82, 2.24) is 0 Å². The van der Waals surface area contributed by atoms with E-state index in [-0.39, 0.29) is 31.0 Å². The van der Waals surface area contributed by atoms with Crippen LogP contribution in [0.4, 0.5) is 0 Å². The van der Waals surface area contributed by atoms with Crippen molar-refractivity contribution in [2.75, 3.05) is 11.8 Å². The molecule has 0 aromatic heterocycles. The van der Waals surface area contributed by atoms with Gasteiger partial charge in [0.25, 0.3) is 0 Å². The van der Waals surface area contributed by atoms with Crippen LogP contribution in [-0.2, 0) is 0 Å². The molecule has 0 amide bonds. The van der Waals surface area contributed by atoms with Gasteiger partial charge in [-0.05, 0) is 6.92 Å². The van der Waals surface area contributed by atoms with Crippen LogP contribution in [0.3, 0.4) is 0 Å². The quantitative estimate of drug-likeness (QED) is 0.585. The third-order valence-electron chi connectivity index (χ3n) is 0.0714. The molecule has 0 aliphatic rings. The Morgan fingerprint density at radius 2 is 1.22 bits per heavy atom. The van der Waals surface area contributed by atoms with E-state index in [0.717, 1.165) is 0 Å². The van der Waals surface area contributed by atoms with E-state index in [4.69, 9.17) is 46.4 Å². The average Bonchev–Trinajstić information content (AvgIpc) is 1.65. The van der Waals surface area contributed by atoms with Gasteiger partial charge in [-0.1, -0.05) is 0 Å². The van der Waals surface area contributed by atoms with Crippen LogP contribution in [-0.4, -0.2) is 16.6 Å². The van der Waals surface area contributed by atoms with Gasteiger partial charge >= 0.3 is 26.2 Å². The summed E-state index contributed by atoms with van der Waals surface area (Å²) >= 11 is 20.2. The molecule has 0 bridgehead atoms. The van der Waals surface area contributed by atoms with Crippen LogP contribution >= 0.6 is 46.4 Å². The van der Waals surface area contributed by atoms with Crippen molar-refractivity contribution in [3.05, 3.63) is 0 Å². The third kappa shape index (κ3) is 70.2. The normalized spacial score (nSPS) is 7.33. The predicted molar refractivity (Wildman–Crippen MR) is 44.0 cm³/mol. The molecule has 9 heavy (non-hydrogen) atoms. The minimum atomic E-state index is -0.222. The van der Waals surface area contributed by atoms with Crippen LogP contribution in [0.15, 0.2) is 0 Å². The van der Waals surface area contributed by atoms with Crippen molar-refractivity contribution < 1.29 is 26.2 Å². The zero-order valence-corrected chi connectivity index (χ0v) is 11.1. The molecule has 0 radical (unpaired) electrons. The molecule has 0 N–H and O–H groups in total. The Kier molecular flexibility index (Phi) is 31.7. The Balaban J connectivity index is -0.0000000720. The number of alkyl halides is 4. The summed E-state index contributed by atoms with van der Waals surface area (Å²) in [6.07, 6.45) is 0. The Morgan fingerprint density at radius 3 is 1.22 bits per heavy atom. The monoisotopic (exact) mass is 407 g/mol. The molecule has 0 unspecified atom stereocenters. The molecule has 0 rings (SSSR count). The summed E-state index contributed by atoms with van der Waals surface area (Å²) in [5.74, 6) is 1.11. The van der Waals surface area contributed by atoms with E-state index in [9.17, 15) is 0 Å². The van der Waals surface area contributed by atoms with E-state index in [0.29, 0.717) is 11.8 Å². The van der Waals surface area contributed by atoms with Gasteiger partial charge in [-0.25, -0.2) is 0 Å². The van der Waals surface area contributed by atoms with E-state index in [1.807, 2.05) is 0 Å². The van der Waals surface area contributed by atoms with Crippen molar-refractivity contribution in [2.45, 2.75) is 11.8 Å².